The van der Waals surface area contributed by atoms with Crippen molar-refractivity contribution in [2.75, 3.05) is 23.8 Å². The van der Waals surface area contributed by atoms with Crippen molar-refractivity contribution in [2.24, 2.45) is 5.73 Å². The third-order valence-electron chi connectivity index (χ3n) is 3.46. The number of amides is 1. The Balaban J connectivity index is 2.44. The summed E-state index contributed by atoms with van der Waals surface area (Å²) in [6, 6.07) is 5.17. The SMILES string of the molecule is NC(=O)c1cccc(N)c1N1CCCCC1CO. The molecule has 1 aliphatic heterocycles. The average molecular weight is 249 g/mol. The predicted molar refractivity (Wildman–Crippen MR) is 71.4 cm³/mol. The van der Waals surface area contributed by atoms with Crippen LogP contribution in [-0.4, -0.2) is 30.2 Å². The maximum absolute atomic E-state index is 11.5. The van der Waals surface area contributed by atoms with Crippen LogP contribution >= 0.6 is 0 Å². The number of nitrogens with two attached hydrogens (primary N) is 2. The number of carbonyl (C=O) groups is 1. The van der Waals surface area contributed by atoms with E-state index in [4.69, 9.17) is 11.5 Å². The summed E-state index contributed by atoms with van der Waals surface area (Å²) < 4.78 is 0. The fourth-order valence-corrected chi connectivity index (χ4v) is 2.57. The largest absolute Gasteiger partial charge is 0.397 e. The van der Waals surface area contributed by atoms with Crippen LogP contribution in [0.5, 0.6) is 0 Å². The molecule has 0 spiro atoms. The summed E-state index contributed by atoms with van der Waals surface area (Å²) in [6.45, 7) is 0.853. The van der Waals surface area contributed by atoms with Crippen molar-refractivity contribution >= 4 is 17.3 Å². The molecule has 5 nitrogen and oxygen atoms in total. The van der Waals surface area contributed by atoms with Gasteiger partial charge in [-0.1, -0.05) is 6.07 Å². The molecular weight excluding hydrogens is 230 g/mol. The van der Waals surface area contributed by atoms with Crippen LogP contribution in [0.2, 0.25) is 0 Å². The van der Waals surface area contributed by atoms with Crippen molar-refractivity contribution in [3.63, 3.8) is 0 Å². The molecule has 0 saturated carbocycles. The van der Waals surface area contributed by atoms with Gasteiger partial charge >= 0.3 is 0 Å². The Hall–Kier alpha value is -1.75. The molecule has 1 unspecified atom stereocenters. The van der Waals surface area contributed by atoms with Crippen LogP contribution in [0.1, 0.15) is 29.6 Å². The molecule has 0 aromatic heterocycles. The minimum Gasteiger partial charge on any atom is -0.397 e. The molecule has 1 fully saturated rings. The quantitative estimate of drug-likeness (QED) is 0.688. The van der Waals surface area contributed by atoms with Gasteiger partial charge in [0.1, 0.15) is 0 Å². The van der Waals surface area contributed by atoms with Gasteiger partial charge in [-0.25, -0.2) is 0 Å². The van der Waals surface area contributed by atoms with E-state index in [9.17, 15) is 9.90 Å². The molecule has 1 atom stereocenters. The second kappa shape index (κ2) is 5.27. The molecule has 1 aliphatic rings. The summed E-state index contributed by atoms with van der Waals surface area (Å²) >= 11 is 0. The first-order chi connectivity index (χ1) is 8.65. The number of para-hydroxylation sites is 1. The normalized spacial score (nSPS) is 19.8. The molecule has 0 bridgehead atoms. The number of hydrogen-bond acceptors (Lipinski definition) is 4. The molecule has 0 aliphatic carbocycles. The topological polar surface area (TPSA) is 92.6 Å². The summed E-state index contributed by atoms with van der Waals surface area (Å²) in [5, 5.41) is 9.44. The minimum atomic E-state index is -0.487. The molecule has 1 amide bonds. The predicted octanol–water partition coefficient (Wildman–Crippen LogP) is 0.719. The molecule has 5 N–H and O–H groups in total. The number of piperidine rings is 1. The van der Waals surface area contributed by atoms with E-state index in [0.29, 0.717) is 16.9 Å². The Kier molecular flexibility index (Phi) is 3.72. The van der Waals surface area contributed by atoms with Gasteiger partial charge in [-0.2, -0.15) is 0 Å². The number of aliphatic hydroxyl groups is 1. The Morgan fingerprint density at radius 3 is 2.89 bits per heavy atom. The number of hydrogen-bond donors (Lipinski definition) is 3. The molecule has 1 aromatic carbocycles. The van der Waals surface area contributed by atoms with Gasteiger partial charge in [0.15, 0.2) is 0 Å². The zero-order valence-corrected chi connectivity index (χ0v) is 10.3. The molecular formula is C13H19N3O2. The van der Waals surface area contributed by atoms with Gasteiger partial charge in [-0.05, 0) is 31.4 Å². The van der Waals surface area contributed by atoms with Crippen molar-refractivity contribution in [3.05, 3.63) is 23.8 Å². The van der Waals surface area contributed by atoms with Gasteiger partial charge in [-0.3, -0.25) is 4.79 Å². The highest BCUT2D eigenvalue weighted by Crippen LogP contribution is 2.32. The first-order valence-electron chi connectivity index (χ1n) is 6.21. The third kappa shape index (κ3) is 2.26. The average Bonchev–Trinajstić information content (AvgIpc) is 2.38. The molecule has 1 saturated heterocycles. The highest BCUT2D eigenvalue weighted by Gasteiger charge is 2.26. The number of aliphatic hydroxyl groups excluding tert-OH is 1. The van der Waals surface area contributed by atoms with Gasteiger partial charge < -0.3 is 21.5 Å². The van der Waals surface area contributed by atoms with Gasteiger partial charge in [0.2, 0.25) is 0 Å². The van der Waals surface area contributed by atoms with E-state index in [1.165, 1.54) is 0 Å². The Bertz CT molecular complexity index is 448. The molecule has 0 radical (unpaired) electrons. The summed E-state index contributed by atoms with van der Waals surface area (Å²) in [7, 11) is 0. The van der Waals surface area contributed by atoms with Crippen LogP contribution in [0.25, 0.3) is 0 Å². The van der Waals surface area contributed by atoms with Gasteiger partial charge in [-0.15, -0.1) is 0 Å². The van der Waals surface area contributed by atoms with Crippen molar-refractivity contribution in [1.29, 1.82) is 0 Å². The molecule has 1 aromatic rings. The summed E-state index contributed by atoms with van der Waals surface area (Å²) in [4.78, 5) is 13.5. The van der Waals surface area contributed by atoms with Gasteiger partial charge in [0.05, 0.1) is 29.6 Å². The van der Waals surface area contributed by atoms with E-state index in [-0.39, 0.29) is 12.6 Å². The van der Waals surface area contributed by atoms with Crippen LogP contribution in [0.4, 0.5) is 11.4 Å². The highest BCUT2D eigenvalue weighted by atomic mass is 16.3. The lowest BCUT2D eigenvalue weighted by molar-refractivity contribution is 0.100. The van der Waals surface area contributed by atoms with E-state index < -0.39 is 5.91 Å². The zero-order valence-electron chi connectivity index (χ0n) is 10.3. The van der Waals surface area contributed by atoms with E-state index in [2.05, 4.69) is 0 Å². The number of benzene rings is 1. The molecule has 2 rings (SSSR count). The Labute approximate surface area is 106 Å². The maximum Gasteiger partial charge on any atom is 0.250 e. The fourth-order valence-electron chi connectivity index (χ4n) is 2.57. The number of nitrogen functional groups attached to an aromatic ring is 1. The van der Waals surface area contributed by atoms with Crippen molar-refractivity contribution in [2.45, 2.75) is 25.3 Å². The smallest absolute Gasteiger partial charge is 0.250 e. The van der Waals surface area contributed by atoms with Gasteiger partial charge in [0, 0.05) is 6.54 Å². The minimum absolute atomic E-state index is 0.0153. The number of rotatable bonds is 3. The molecule has 18 heavy (non-hydrogen) atoms. The maximum atomic E-state index is 11.5. The monoisotopic (exact) mass is 249 g/mol. The lowest BCUT2D eigenvalue weighted by atomic mass is 9.99. The fraction of sp³-hybridized carbons (Fsp3) is 0.462. The van der Waals surface area contributed by atoms with E-state index in [0.717, 1.165) is 25.8 Å². The van der Waals surface area contributed by atoms with E-state index >= 15 is 0 Å². The van der Waals surface area contributed by atoms with Crippen LogP contribution in [0.15, 0.2) is 18.2 Å². The van der Waals surface area contributed by atoms with Crippen molar-refractivity contribution in [3.8, 4) is 0 Å². The number of anilines is 2. The zero-order chi connectivity index (χ0) is 13.1. The standard InChI is InChI=1S/C13H19N3O2/c14-11-6-3-5-10(13(15)18)12(11)16-7-2-1-4-9(16)8-17/h3,5-6,9,17H,1-2,4,7-8,14H2,(H2,15,18). The molecule has 1 heterocycles. The Morgan fingerprint density at radius 2 is 2.22 bits per heavy atom. The lowest BCUT2D eigenvalue weighted by Crippen LogP contribution is -2.43. The first kappa shape index (κ1) is 12.7. The second-order valence-electron chi connectivity index (χ2n) is 4.63. The van der Waals surface area contributed by atoms with Gasteiger partial charge in [0.25, 0.3) is 5.91 Å². The van der Waals surface area contributed by atoms with Crippen LogP contribution < -0.4 is 16.4 Å². The van der Waals surface area contributed by atoms with Crippen molar-refractivity contribution < 1.29 is 9.90 Å². The van der Waals surface area contributed by atoms with E-state index in [1.807, 2.05) is 4.90 Å². The number of nitrogens with zero attached hydrogens (tertiary/aromatic N) is 1. The van der Waals surface area contributed by atoms with Crippen LogP contribution in [-0.2, 0) is 0 Å². The van der Waals surface area contributed by atoms with Crippen molar-refractivity contribution in [1.82, 2.24) is 0 Å². The molecule has 98 valence electrons. The second-order valence-corrected chi connectivity index (χ2v) is 4.63. The highest BCUT2D eigenvalue weighted by molar-refractivity contribution is 6.01. The number of primary amides is 1. The number of carbonyl (C=O) groups excluding carboxylic acids is 1. The first-order valence-corrected chi connectivity index (χ1v) is 6.21. The van der Waals surface area contributed by atoms with E-state index in [1.54, 1.807) is 18.2 Å². The lowest BCUT2D eigenvalue weighted by Gasteiger charge is -2.38. The third-order valence-corrected chi connectivity index (χ3v) is 3.46. The summed E-state index contributed by atoms with van der Waals surface area (Å²) in [5.41, 5.74) is 13.0. The summed E-state index contributed by atoms with van der Waals surface area (Å²) in [5.74, 6) is -0.487. The van der Waals surface area contributed by atoms with Crippen LogP contribution in [0, 0.1) is 0 Å². The molecule has 5 heteroatoms. The van der Waals surface area contributed by atoms with Crippen LogP contribution in [0.3, 0.4) is 0 Å². The summed E-state index contributed by atoms with van der Waals surface area (Å²) in [6.07, 6.45) is 3.02. The Morgan fingerprint density at radius 1 is 1.44 bits per heavy atom.